The van der Waals surface area contributed by atoms with E-state index in [1.165, 1.54) is 32.4 Å². The van der Waals surface area contributed by atoms with Crippen molar-refractivity contribution in [3.05, 3.63) is 0 Å². The molecule has 1 unspecified atom stereocenters. The molecule has 17 heavy (non-hydrogen) atoms. The van der Waals surface area contributed by atoms with Crippen LogP contribution in [0.15, 0.2) is 0 Å². The van der Waals surface area contributed by atoms with Crippen molar-refractivity contribution in [1.82, 2.24) is 10.2 Å². The fourth-order valence-electron chi connectivity index (χ4n) is 2.68. The highest BCUT2D eigenvalue weighted by Gasteiger charge is 2.24. The number of nitrogens with zero attached hydrogens (tertiary/aromatic N) is 1. The minimum atomic E-state index is 0.289. The Morgan fingerprint density at radius 2 is 2.06 bits per heavy atom. The lowest BCUT2D eigenvalue weighted by molar-refractivity contribution is 0.207. The molecule has 1 aliphatic heterocycles. The first kappa shape index (κ1) is 14.9. The second-order valence-corrected chi connectivity index (χ2v) is 6.09. The number of hydrogen-bond acceptors (Lipinski definition) is 3. The van der Waals surface area contributed by atoms with E-state index in [2.05, 4.69) is 31.0 Å². The van der Waals surface area contributed by atoms with Crippen molar-refractivity contribution in [1.29, 1.82) is 0 Å². The summed E-state index contributed by atoms with van der Waals surface area (Å²) in [6.07, 6.45) is 4.82. The van der Waals surface area contributed by atoms with Crippen molar-refractivity contribution in [2.75, 3.05) is 32.8 Å². The summed E-state index contributed by atoms with van der Waals surface area (Å²) >= 11 is 0. The SMILES string of the molecule is CCNC(CCO)CN1CCCC(C)(C)CC1. The van der Waals surface area contributed by atoms with E-state index in [0.717, 1.165) is 19.5 Å². The van der Waals surface area contributed by atoms with E-state index in [-0.39, 0.29) is 6.61 Å². The molecular weight excluding hydrogens is 212 g/mol. The van der Waals surface area contributed by atoms with Crippen molar-refractivity contribution in [2.24, 2.45) is 5.41 Å². The second-order valence-electron chi connectivity index (χ2n) is 6.09. The average molecular weight is 242 g/mol. The molecule has 0 bridgehead atoms. The van der Waals surface area contributed by atoms with Crippen molar-refractivity contribution in [3.8, 4) is 0 Å². The molecule has 1 aliphatic rings. The summed E-state index contributed by atoms with van der Waals surface area (Å²) in [6, 6.07) is 0.450. The van der Waals surface area contributed by atoms with Crippen LogP contribution in [0.1, 0.15) is 46.5 Å². The molecule has 1 fully saturated rings. The molecule has 102 valence electrons. The predicted molar refractivity (Wildman–Crippen MR) is 73.2 cm³/mol. The standard InChI is InChI=1S/C14H30N2O/c1-4-15-13(6-11-17)12-16-9-5-7-14(2,3)8-10-16/h13,15,17H,4-12H2,1-3H3. The van der Waals surface area contributed by atoms with Gasteiger partial charge in [-0.25, -0.2) is 0 Å². The van der Waals surface area contributed by atoms with Gasteiger partial charge < -0.3 is 15.3 Å². The van der Waals surface area contributed by atoms with Gasteiger partial charge in [0.25, 0.3) is 0 Å². The van der Waals surface area contributed by atoms with E-state index in [1.54, 1.807) is 0 Å². The topological polar surface area (TPSA) is 35.5 Å². The van der Waals surface area contributed by atoms with Crippen LogP contribution < -0.4 is 5.32 Å². The zero-order valence-electron chi connectivity index (χ0n) is 11.8. The van der Waals surface area contributed by atoms with Crippen LogP contribution >= 0.6 is 0 Å². The van der Waals surface area contributed by atoms with Gasteiger partial charge in [0.05, 0.1) is 0 Å². The Bertz CT molecular complexity index is 200. The van der Waals surface area contributed by atoms with Gasteiger partial charge in [-0.15, -0.1) is 0 Å². The number of aliphatic hydroxyl groups is 1. The first-order valence-corrected chi connectivity index (χ1v) is 7.14. The summed E-state index contributed by atoms with van der Waals surface area (Å²) < 4.78 is 0. The van der Waals surface area contributed by atoms with Gasteiger partial charge in [0, 0.05) is 19.2 Å². The van der Waals surface area contributed by atoms with Crippen LogP contribution in [0.5, 0.6) is 0 Å². The molecule has 1 heterocycles. The lowest BCUT2D eigenvalue weighted by Crippen LogP contribution is -2.42. The van der Waals surface area contributed by atoms with Gasteiger partial charge in [0.2, 0.25) is 0 Å². The normalized spacial score (nSPS) is 23.3. The summed E-state index contributed by atoms with van der Waals surface area (Å²) in [7, 11) is 0. The molecular formula is C14H30N2O. The van der Waals surface area contributed by atoms with Gasteiger partial charge in [-0.1, -0.05) is 20.8 Å². The molecule has 2 N–H and O–H groups in total. The van der Waals surface area contributed by atoms with Crippen molar-refractivity contribution in [3.63, 3.8) is 0 Å². The lowest BCUT2D eigenvalue weighted by Gasteiger charge is -2.27. The van der Waals surface area contributed by atoms with E-state index in [4.69, 9.17) is 5.11 Å². The summed E-state index contributed by atoms with van der Waals surface area (Å²) in [6.45, 7) is 11.7. The molecule has 1 rings (SSSR count). The maximum Gasteiger partial charge on any atom is 0.0446 e. The molecule has 0 aromatic rings. The Labute approximate surface area is 107 Å². The number of aliphatic hydroxyl groups excluding tert-OH is 1. The fourth-order valence-corrected chi connectivity index (χ4v) is 2.68. The fraction of sp³-hybridized carbons (Fsp3) is 1.00. The molecule has 0 aromatic carbocycles. The van der Waals surface area contributed by atoms with Crippen molar-refractivity contribution >= 4 is 0 Å². The Hall–Kier alpha value is -0.120. The van der Waals surface area contributed by atoms with Gasteiger partial charge >= 0.3 is 0 Å². The number of hydrogen-bond donors (Lipinski definition) is 2. The van der Waals surface area contributed by atoms with Crippen molar-refractivity contribution in [2.45, 2.75) is 52.5 Å². The maximum atomic E-state index is 9.07. The third kappa shape index (κ3) is 5.84. The number of likely N-dealkylation sites (tertiary alicyclic amines) is 1. The van der Waals surface area contributed by atoms with Crippen LogP contribution in [0.3, 0.4) is 0 Å². The Kier molecular flexibility index (Phi) is 6.45. The molecule has 0 spiro atoms. The van der Waals surface area contributed by atoms with Crippen molar-refractivity contribution < 1.29 is 5.11 Å². The van der Waals surface area contributed by atoms with Crippen LogP contribution in [0.4, 0.5) is 0 Å². The first-order chi connectivity index (χ1) is 8.07. The molecule has 3 nitrogen and oxygen atoms in total. The number of likely N-dealkylation sites (N-methyl/N-ethyl adjacent to an activating group) is 1. The Morgan fingerprint density at radius 3 is 2.71 bits per heavy atom. The van der Waals surface area contributed by atoms with E-state index in [0.29, 0.717) is 11.5 Å². The molecule has 0 aliphatic carbocycles. The quantitative estimate of drug-likeness (QED) is 0.746. The molecule has 1 saturated heterocycles. The lowest BCUT2D eigenvalue weighted by atomic mass is 9.85. The zero-order valence-corrected chi connectivity index (χ0v) is 11.8. The highest BCUT2D eigenvalue weighted by molar-refractivity contribution is 4.79. The van der Waals surface area contributed by atoms with Crippen LogP contribution in [-0.2, 0) is 0 Å². The highest BCUT2D eigenvalue weighted by Crippen LogP contribution is 2.29. The van der Waals surface area contributed by atoms with Crippen LogP contribution in [0, 0.1) is 5.41 Å². The number of nitrogens with one attached hydrogen (secondary N) is 1. The molecule has 0 saturated carbocycles. The van der Waals surface area contributed by atoms with E-state index in [9.17, 15) is 0 Å². The second kappa shape index (κ2) is 7.34. The summed E-state index contributed by atoms with van der Waals surface area (Å²) in [5.74, 6) is 0. The van der Waals surface area contributed by atoms with Gasteiger partial charge in [0.15, 0.2) is 0 Å². The minimum Gasteiger partial charge on any atom is -0.396 e. The van der Waals surface area contributed by atoms with Crippen LogP contribution in [-0.4, -0.2) is 48.8 Å². The van der Waals surface area contributed by atoms with Crippen LogP contribution in [0.25, 0.3) is 0 Å². The Balaban J connectivity index is 2.38. The molecule has 3 heteroatoms. The van der Waals surface area contributed by atoms with E-state index >= 15 is 0 Å². The molecule has 0 aromatic heterocycles. The highest BCUT2D eigenvalue weighted by atomic mass is 16.3. The maximum absolute atomic E-state index is 9.07. The first-order valence-electron chi connectivity index (χ1n) is 7.14. The number of rotatable bonds is 6. The van der Waals surface area contributed by atoms with Gasteiger partial charge in [-0.3, -0.25) is 0 Å². The largest absolute Gasteiger partial charge is 0.396 e. The Morgan fingerprint density at radius 1 is 1.29 bits per heavy atom. The smallest absolute Gasteiger partial charge is 0.0446 e. The minimum absolute atomic E-state index is 0.289. The van der Waals surface area contributed by atoms with Gasteiger partial charge in [-0.05, 0) is 50.7 Å². The molecule has 0 amide bonds. The zero-order chi connectivity index (χ0) is 12.7. The third-order valence-corrected chi connectivity index (χ3v) is 3.88. The monoisotopic (exact) mass is 242 g/mol. The summed E-state index contributed by atoms with van der Waals surface area (Å²) in [5.41, 5.74) is 0.513. The predicted octanol–water partition coefficient (Wildman–Crippen LogP) is 1.86. The average Bonchev–Trinajstić information content (AvgIpc) is 2.41. The molecule has 0 radical (unpaired) electrons. The van der Waals surface area contributed by atoms with E-state index in [1.807, 2.05) is 0 Å². The molecule has 1 atom stereocenters. The third-order valence-electron chi connectivity index (χ3n) is 3.88. The van der Waals surface area contributed by atoms with Gasteiger partial charge in [0.1, 0.15) is 0 Å². The van der Waals surface area contributed by atoms with E-state index < -0.39 is 0 Å². The summed E-state index contributed by atoms with van der Waals surface area (Å²) in [5, 5.41) is 12.5. The summed E-state index contributed by atoms with van der Waals surface area (Å²) in [4.78, 5) is 2.57. The van der Waals surface area contributed by atoms with Gasteiger partial charge in [-0.2, -0.15) is 0 Å². The van der Waals surface area contributed by atoms with Crippen LogP contribution in [0.2, 0.25) is 0 Å².